The van der Waals surface area contributed by atoms with Crippen LogP contribution in [0.4, 0.5) is 0 Å². The van der Waals surface area contributed by atoms with Gasteiger partial charge in [0.2, 0.25) is 5.91 Å². The average Bonchev–Trinajstić information content (AvgIpc) is 3.08. The van der Waals surface area contributed by atoms with Gasteiger partial charge in [-0.25, -0.2) is 0 Å². The number of likely N-dealkylation sites (N-methyl/N-ethyl adjacent to an activating group) is 1. The van der Waals surface area contributed by atoms with Crippen molar-refractivity contribution in [2.75, 3.05) is 46.4 Å². The van der Waals surface area contributed by atoms with Crippen molar-refractivity contribution in [2.24, 2.45) is 11.8 Å². The lowest BCUT2D eigenvalue weighted by atomic mass is 9.94. The molecule has 0 aromatic heterocycles. The summed E-state index contributed by atoms with van der Waals surface area (Å²) >= 11 is 0. The van der Waals surface area contributed by atoms with Crippen LogP contribution in [0.2, 0.25) is 0 Å². The molecule has 1 amide bonds. The molecule has 0 saturated heterocycles. The van der Waals surface area contributed by atoms with Gasteiger partial charge < -0.3 is 14.4 Å². The van der Waals surface area contributed by atoms with E-state index in [1.54, 1.807) is 4.90 Å². The van der Waals surface area contributed by atoms with E-state index in [2.05, 4.69) is 27.7 Å². The van der Waals surface area contributed by atoms with Crippen molar-refractivity contribution in [3.05, 3.63) is 0 Å². The number of nitrogens with zero attached hydrogens (tertiary/aromatic N) is 2. The first-order valence-electron chi connectivity index (χ1n) is 20.6. The van der Waals surface area contributed by atoms with Crippen LogP contribution >= 0.6 is 0 Å². The van der Waals surface area contributed by atoms with Crippen molar-refractivity contribution in [1.82, 2.24) is 9.80 Å². The van der Waals surface area contributed by atoms with Crippen molar-refractivity contribution < 1.29 is 23.9 Å². The fourth-order valence-electron chi connectivity index (χ4n) is 6.29. The highest BCUT2D eigenvalue weighted by molar-refractivity contribution is 5.78. The van der Waals surface area contributed by atoms with Crippen LogP contribution in [0.15, 0.2) is 0 Å². The van der Waals surface area contributed by atoms with E-state index in [0.29, 0.717) is 13.1 Å². The molecule has 2 unspecified atom stereocenters. The van der Waals surface area contributed by atoms with Crippen molar-refractivity contribution in [1.29, 1.82) is 0 Å². The van der Waals surface area contributed by atoms with Crippen LogP contribution < -0.4 is 0 Å². The maximum Gasteiger partial charge on any atom is 0.308 e. The van der Waals surface area contributed by atoms with E-state index in [1.807, 2.05) is 18.9 Å². The molecule has 0 aliphatic carbocycles. The highest BCUT2D eigenvalue weighted by Crippen LogP contribution is 2.22. The molecule has 0 aromatic rings. The van der Waals surface area contributed by atoms with Crippen LogP contribution in [0, 0.1) is 11.8 Å². The van der Waals surface area contributed by atoms with E-state index in [9.17, 15) is 14.4 Å². The van der Waals surface area contributed by atoms with E-state index in [0.717, 1.165) is 70.8 Å². The van der Waals surface area contributed by atoms with Gasteiger partial charge in [0.25, 0.3) is 0 Å². The summed E-state index contributed by atoms with van der Waals surface area (Å²) in [5.41, 5.74) is 0. The smallest absolute Gasteiger partial charge is 0.308 e. The van der Waals surface area contributed by atoms with Gasteiger partial charge in [-0.3, -0.25) is 19.3 Å². The van der Waals surface area contributed by atoms with Crippen LogP contribution in [0.1, 0.15) is 189 Å². The molecule has 0 spiro atoms. The van der Waals surface area contributed by atoms with Gasteiger partial charge in [0, 0.05) is 0 Å². The minimum atomic E-state index is -0.120. The second-order valence-corrected chi connectivity index (χ2v) is 14.3. The summed E-state index contributed by atoms with van der Waals surface area (Å²) in [5, 5.41) is 0. The zero-order valence-corrected chi connectivity index (χ0v) is 32.8. The van der Waals surface area contributed by atoms with Gasteiger partial charge in [-0.2, -0.15) is 0 Å². The van der Waals surface area contributed by atoms with Crippen LogP contribution in [-0.4, -0.2) is 74.1 Å². The summed E-state index contributed by atoms with van der Waals surface area (Å²) in [6.07, 6.45) is 27.2. The first kappa shape index (κ1) is 46.4. The highest BCUT2D eigenvalue weighted by atomic mass is 16.5. The number of ether oxygens (including phenoxy) is 2. The summed E-state index contributed by atoms with van der Waals surface area (Å²) < 4.78 is 11.6. The minimum absolute atomic E-state index is 0.0298. The number of hydrogen-bond acceptors (Lipinski definition) is 6. The van der Waals surface area contributed by atoms with E-state index >= 15 is 0 Å². The Morgan fingerprint density at radius 2 is 0.792 bits per heavy atom. The van der Waals surface area contributed by atoms with Gasteiger partial charge in [-0.15, -0.1) is 0 Å². The second kappa shape index (κ2) is 33.8. The molecule has 0 aliphatic heterocycles. The topological polar surface area (TPSA) is 76.1 Å². The molecular weight excluding hydrogens is 600 g/mol. The van der Waals surface area contributed by atoms with Crippen LogP contribution in [-0.2, 0) is 23.9 Å². The summed E-state index contributed by atoms with van der Waals surface area (Å²) in [4.78, 5) is 43.3. The zero-order valence-electron chi connectivity index (χ0n) is 32.8. The molecule has 0 bridgehead atoms. The molecule has 0 N–H and O–H groups in total. The lowest BCUT2D eigenvalue weighted by molar-refractivity contribution is -0.152. The summed E-state index contributed by atoms with van der Waals surface area (Å²) in [6.45, 7) is 12.9. The monoisotopic (exact) mass is 681 g/mol. The fourth-order valence-corrected chi connectivity index (χ4v) is 6.29. The summed E-state index contributed by atoms with van der Waals surface area (Å²) in [6, 6.07) is 0. The first-order valence-corrected chi connectivity index (χ1v) is 20.6. The van der Waals surface area contributed by atoms with Gasteiger partial charge in [-0.1, -0.05) is 163 Å². The van der Waals surface area contributed by atoms with Gasteiger partial charge in [0.15, 0.2) is 0 Å². The molecule has 0 rings (SSSR count). The Bertz CT molecular complexity index is 711. The van der Waals surface area contributed by atoms with Crippen LogP contribution in [0.5, 0.6) is 0 Å². The Morgan fingerprint density at radius 3 is 1.12 bits per heavy atom. The summed E-state index contributed by atoms with van der Waals surface area (Å²) in [7, 11) is 1.92. The van der Waals surface area contributed by atoms with E-state index in [-0.39, 0.29) is 49.4 Å². The SMILES string of the molecule is CCCCCCCCC(CCCCCC)C(=O)OCCN(CCOC(=O)C(CCCCCC)CCCCCCCC)C(=O)CN(C)CC. The van der Waals surface area contributed by atoms with Crippen molar-refractivity contribution in [3.8, 4) is 0 Å². The number of rotatable bonds is 35. The standard InChI is InChI=1S/C41H80N2O5/c1-7-12-16-20-22-26-30-37(28-24-18-14-9-3)40(45)47-34-32-43(39(44)36-42(6)11-5)33-35-48-41(46)38(29-25-19-15-10-4)31-27-23-21-17-13-8-2/h37-38H,7-36H2,1-6H3. The Morgan fingerprint density at radius 1 is 0.479 bits per heavy atom. The van der Waals surface area contributed by atoms with Crippen molar-refractivity contribution in [3.63, 3.8) is 0 Å². The molecule has 0 saturated carbocycles. The Balaban J connectivity index is 5.12. The predicted octanol–water partition coefficient (Wildman–Crippen LogP) is 10.5. The van der Waals surface area contributed by atoms with Gasteiger partial charge in [0.05, 0.1) is 31.5 Å². The number of carbonyl (C=O) groups excluding carboxylic acids is 3. The normalized spacial score (nSPS) is 12.6. The quantitative estimate of drug-likeness (QED) is 0.0490. The van der Waals surface area contributed by atoms with Gasteiger partial charge in [0.1, 0.15) is 13.2 Å². The molecular formula is C41H80N2O5. The third-order valence-electron chi connectivity index (χ3n) is 9.80. The van der Waals surface area contributed by atoms with Gasteiger partial charge >= 0.3 is 11.9 Å². The zero-order chi connectivity index (χ0) is 35.7. The Kier molecular flexibility index (Phi) is 32.7. The molecule has 7 heteroatoms. The number of carbonyl (C=O) groups is 3. The minimum Gasteiger partial charge on any atom is -0.464 e. The van der Waals surface area contributed by atoms with Crippen molar-refractivity contribution in [2.45, 2.75) is 189 Å². The number of amides is 1. The number of esters is 2. The molecule has 0 fully saturated rings. The Hall–Kier alpha value is -1.63. The largest absolute Gasteiger partial charge is 0.464 e. The molecule has 0 radical (unpaired) electrons. The lowest BCUT2D eigenvalue weighted by Crippen LogP contribution is -2.43. The molecule has 48 heavy (non-hydrogen) atoms. The fraction of sp³-hybridized carbons (Fsp3) is 0.927. The van der Waals surface area contributed by atoms with E-state index < -0.39 is 0 Å². The molecule has 0 aromatic carbocycles. The first-order chi connectivity index (χ1) is 23.3. The molecule has 2 atom stereocenters. The molecule has 7 nitrogen and oxygen atoms in total. The van der Waals surface area contributed by atoms with Crippen molar-refractivity contribution >= 4 is 17.8 Å². The van der Waals surface area contributed by atoms with E-state index in [1.165, 1.54) is 89.9 Å². The number of unbranched alkanes of at least 4 members (excludes halogenated alkanes) is 16. The average molecular weight is 681 g/mol. The predicted molar refractivity (Wildman–Crippen MR) is 202 cm³/mol. The third-order valence-corrected chi connectivity index (χ3v) is 9.80. The molecule has 284 valence electrons. The maximum atomic E-state index is 13.2. The highest BCUT2D eigenvalue weighted by Gasteiger charge is 2.23. The van der Waals surface area contributed by atoms with Gasteiger partial charge in [-0.05, 0) is 39.3 Å². The number of hydrogen-bond donors (Lipinski definition) is 0. The third kappa shape index (κ3) is 26.3. The molecule has 0 heterocycles. The van der Waals surface area contributed by atoms with E-state index in [4.69, 9.17) is 9.47 Å². The Labute approximate surface area is 298 Å². The van der Waals surface area contributed by atoms with Crippen LogP contribution in [0.25, 0.3) is 0 Å². The van der Waals surface area contributed by atoms with Crippen LogP contribution in [0.3, 0.4) is 0 Å². The summed E-state index contributed by atoms with van der Waals surface area (Å²) in [5.74, 6) is -0.399. The second-order valence-electron chi connectivity index (χ2n) is 14.3. The maximum absolute atomic E-state index is 13.2. The lowest BCUT2D eigenvalue weighted by Gasteiger charge is -2.26. The molecule has 0 aliphatic rings.